The van der Waals surface area contributed by atoms with Crippen LogP contribution in [0.25, 0.3) is 11.0 Å². The largest absolute Gasteiger partial charge is 0.465 e. The summed E-state index contributed by atoms with van der Waals surface area (Å²) in [6.45, 7) is 4.45. The van der Waals surface area contributed by atoms with Crippen LogP contribution in [0.2, 0.25) is 0 Å². The molecule has 30 heavy (non-hydrogen) atoms. The monoisotopic (exact) mass is 409 g/mol. The van der Waals surface area contributed by atoms with Crippen LogP contribution in [0.5, 0.6) is 0 Å². The van der Waals surface area contributed by atoms with Gasteiger partial charge in [-0.1, -0.05) is 24.3 Å². The number of imidazole rings is 1. The average Bonchev–Trinajstić information content (AvgIpc) is 3.07. The van der Waals surface area contributed by atoms with Gasteiger partial charge in [-0.15, -0.1) is 0 Å². The van der Waals surface area contributed by atoms with Crippen molar-refractivity contribution in [3.8, 4) is 0 Å². The topological polar surface area (TPSA) is 82.5 Å². The number of esters is 2. The Hall–Kier alpha value is -3.35. The molecule has 0 aliphatic rings. The molecule has 0 radical (unpaired) electrons. The summed E-state index contributed by atoms with van der Waals surface area (Å²) in [7, 11) is 2.00. The molecule has 1 N–H and O–H groups in total. The van der Waals surface area contributed by atoms with Gasteiger partial charge in [0.05, 0.1) is 30.8 Å². The van der Waals surface area contributed by atoms with Crippen LogP contribution in [-0.4, -0.2) is 34.7 Å². The lowest BCUT2D eigenvalue weighted by Gasteiger charge is -2.15. The second-order valence-corrected chi connectivity index (χ2v) is 6.89. The number of rotatable bonds is 9. The Morgan fingerprint density at radius 2 is 1.63 bits per heavy atom. The lowest BCUT2D eigenvalue weighted by atomic mass is 9.99. The molecule has 0 saturated heterocycles. The predicted molar refractivity (Wildman–Crippen MR) is 115 cm³/mol. The minimum absolute atomic E-state index is 0.222. The Morgan fingerprint density at radius 1 is 1.00 bits per heavy atom. The Labute approximate surface area is 176 Å². The summed E-state index contributed by atoms with van der Waals surface area (Å²) in [6.07, 6.45) is 0.239. The number of carbonyl (C=O) groups excluding carboxylic acids is 2. The number of anilines is 1. The smallest absolute Gasteiger partial charge is 0.320 e. The van der Waals surface area contributed by atoms with Gasteiger partial charge in [-0.3, -0.25) is 9.59 Å². The third-order valence-corrected chi connectivity index (χ3v) is 4.87. The van der Waals surface area contributed by atoms with E-state index in [1.807, 2.05) is 55.6 Å². The van der Waals surface area contributed by atoms with Crippen LogP contribution < -0.4 is 5.32 Å². The Bertz CT molecular complexity index is 993. The van der Waals surface area contributed by atoms with E-state index in [2.05, 4.69) is 14.9 Å². The fourth-order valence-corrected chi connectivity index (χ4v) is 3.28. The number of nitrogens with zero attached hydrogens (tertiary/aromatic N) is 2. The summed E-state index contributed by atoms with van der Waals surface area (Å²) in [5, 5.41) is 3.36. The first-order chi connectivity index (χ1) is 14.5. The minimum atomic E-state index is -0.955. The number of carbonyl (C=O) groups is 2. The van der Waals surface area contributed by atoms with E-state index < -0.39 is 17.9 Å². The standard InChI is InChI=1S/C23H27N3O4/c1-4-29-22(27)18(23(28)30-5-2)14-16-10-12-17(13-11-16)24-15-21-25-19-8-6-7-9-20(19)26(21)3/h6-13,18,24H,4-5,14-15H2,1-3H3. The molecule has 0 spiro atoms. The highest BCUT2D eigenvalue weighted by atomic mass is 16.6. The Balaban J connectivity index is 1.65. The third kappa shape index (κ3) is 4.97. The van der Waals surface area contributed by atoms with E-state index >= 15 is 0 Å². The molecule has 3 aromatic rings. The quantitative estimate of drug-likeness (QED) is 0.430. The zero-order valence-corrected chi connectivity index (χ0v) is 17.6. The van der Waals surface area contributed by atoms with Gasteiger partial charge in [0.2, 0.25) is 0 Å². The maximum atomic E-state index is 12.2. The van der Waals surface area contributed by atoms with E-state index in [4.69, 9.17) is 9.47 Å². The van der Waals surface area contributed by atoms with Crippen molar-refractivity contribution >= 4 is 28.7 Å². The van der Waals surface area contributed by atoms with E-state index in [9.17, 15) is 9.59 Å². The van der Waals surface area contributed by atoms with Gasteiger partial charge in [0.1, 0.15) is 5.82 Å². The molecular formula is C23H27N3O4. The van der Waals surface area contributed by atoms with Crippen LogP contribution in [0.4, 0.5) is 5.69 Å². The number of hydrogen-bond acceptors (Lipinski definition) is 6. The number of fused-ring (bicyclic) bond motifs is 1. The van der Waals surface area contributed by atoms with Gasteiger partial charge in [0.25, 0.3) is 0 Å². The zero-order valence-electron chi connectivity index (χ0n) is 17.6. The van der Waals surface area contributed by atoms with Gasteiger partial charge in [0, 0.05) is 12.7 Å². The Morgan fingerprint density at radius 3 is 2.23 bits per heavy atom. The zero-order chi connectivity index (χ0) is 21.5. The van der Waals surface area contributed by atoms with E-state index in [1.165, 1.54) is 0 Å². The first-order valence-corrected chi connectivity index (χ1v) is 10.1. The van der Waals surface area contributed by atoms with Crippen LogP contribution in [0, 0.1) is 5.92 Å². The lowest BCUT2D eigenvalue weighted by molar-refractivity contribution is -0.161. The molecule has 1 heterocycles. The Kier molecular flexibility index (Phi) is 7.06. The van der Waals surface area contributed by atoms with Gasteiger partial charge in [0.15, 0.2) is 5.92 Å². The lowest BCUT2D eigenvalue weighted by Crippen LogP contribution is -2.30. The van der Waals surface area contributed by atoms with Crippen molar-refractivity contribution in [2.75, 3.05) is 18.5 Å². The summed E-state index contributed by atoms with van der Waals surface area (Å²) in [4.78, 5) is 29.0. The van der Waals surface area contributed by atoms with Crippen molar-refractivity contribution in [1.82, 2.24) is 9.55 Å². The van der Waals surface area contributed by atoms with Crippen LogP contribution in [0.1, 0.15) is 25.2 Å². The van der Waals surface area contributed by atoms with Gasteiger partial charge in [-0.25, -0.2) is 4.98 Å². The number of aryl methyl sites for hydroxylation is 1. The fraction of sp³-hybridized carbons (Fsp3) is 0.348. The summed E-state index contributed by atoms with van der Waals surface area (Å²) >= 11 is 0. The molecule has 0 aliphatic carbocycles. The summed E-state index contributed by atoms with van der Waals surface area (Å²) in [5.74, 6) is -1.13. The molecule has 7 heteroatoms. The number of aromatic nitrogens is 2. The first kappa shape index (κ1) is 21.4. The molecule has 158 valence electrons. The number of ether oxygens (including phenoxy) is 2. The van der Waals surface area contributed by atoms with Crippen molar-refractivity contribution < 1.29 is 19.1 Å². The van der Waals surface area contributed by atoms with Crippen molar-refractivity contribution in [3.05, 3.63) is 59.9 Å². The molecule has 3 rings (SSSR count). The van der Waals surface area contributed by atoms with E-state index in [1.54, 1.807) is 13.8 Å². The highest BCUT2D eigenvalue weighted by Crippen LogP contribution is 2.18. The van der Waals surface area contributed by atoms with E-state index in [-0.39, 0.29) is 19.6 Å². The van der Waals surface area contributed by atoms with Crippen LogP contribution >= 0.6 is 0 Å². The third-order valence-electron chi connectivity index (χ3n) is 4.87. The molecular weight excluding hydrogens is 382 g/mol. The van der Waals surface area contributed by atoms with Crippen LogP contribution in [0.3, 0.4) is 0 Å². The maximum absolute atomic E-state index is 12.2. The van der Waals surface area contributed by atoms with Crippen molar-refractivity contribution in [1.29, 1.82) is 0 Å². The number of benzene rings is 2. The van der Waals surface area contributed by atoms with Crippen molar-refractivity contribution in [2.24, 2.45) is 13.0 Å². The van der Waals surface area contributed by atoms with E-state index in [0.717, 1.165) is 28.1 Å². The van der Waals surface area contributed by atoms with Gasteiger partial charge < -0.3 is 19.4 Å². The van der Waals surface area contributed by atoms with Crippen LogP contribution in [0.15, 0.2) is 48.5 Å². The summed E-state index contributed by atoms with van der Waals surface area (Å²) < 4.78 is 12.1. The van der Waals surface area contributed by atoms with Gasteiger partial charge in [-0.05, 0) is 50.1 Å². The van der Waals surface area contributed by atoms with Gasteiger partial charge >= 0.3 is 11.9 Å². The second kappa shape index (κ2) is 9.91. The SMILES string of the molecule is CCOC(=O)C(Cc1ccc(NCc2nc3ccccc3n2C)cc1)C(=O)OCC. The molecule has 0 bridgehead atoms. The van der Waals surface area contributed by atoms with Crippen molar-refractivity contribution in [3.63, 3.8) is 0 Å². The molecule has 1 aromatic heterocycles. The summed E-state index contributed by atoms with van der Waals surface area (Å²) in [5.41, 5.74) is 3.84. The molecule has 2 aromatic carbocycles. The molecule has 0 amide bonds. The normalized spacial score (nSPS) is 10.9. The minimum Gasteiger partial charge on any atom is -0.465 e. The van der Waals surface area contributed by atoms with Crippen LogP contribution in [-0.2, 0) is 39.1 Å². The average molecular weight is 409 g/mol. The summed E-state index contributed by atoms with van der Waals surface area (Å²) in [6, 6.07) is 15.6. The molecule has 7 nitrogen and oxygen atoms in total. The molecule has 0 atom stereocenters. The van der Waals surface area contributed by atoms with E-state index in [0.29, 0.717) is 6.54 Å². The second-order valence-electron chi connectivity index (χ2n) is 6.89. The highest BCUT2D eigenvalue weighted by Gasteiger charge is 2.29. The van der Waals surface area contributed by atoms with Crippen molar-refractivity contribution in [2.45, 2.75) is 26.8 Å². The maximum Gasteiger partial charge on any atom is 0.320 e. The molecule has 0 saturated carbocycles. The number of nitrogens with one attached hydrogen (secondary N) is 1. The number of hydrogen-bond donors (Lipinski definition) is 1. The first-order valence-electron chi connectivity index (χ1n) is 10.1. The fourth-order valence-electron chi connectivity index (χ4n) is 3.28. The molecule has 0 fully saturated rings. The van der Waals surface area contributed by atoms with Gasteiger partial charge in [-0.2, -0.15) is 0 Å². The predicted octanol–water partition coefficient (Wildman–Crippen LogP) is 3.47. The molecule has 0 aliphatic heterocycles. The molecule has 0 unspecified atom stereocenters. The highest BCUT2D eigenvalue weighted by molar-refractivity contribution is 5.95. The number of para-hydroxylation sites is 2.